The molecule has 0 aliphatic rings. The summed E-state index contributed by atoms with van der Waals surface area (Å²) in [6.45, 7) is 0.271. The van der Waals surface area contributed by atoms with E-state index >= 15 is 0 Å². The molecule has 8 heteroatoms. The van der Waals surface area contributed by atoms with Crippen LogP contribution in [0.3, 0.4) is 0 Å². The zero-order valence-electron chi connectivity index (χ0n) is 16.9. The summed E-state index contributed by atoms with van der Waals surface area (Å²) in [7, 11) is 0. The van der Waals surface area contributed by atoms with E-state index < -0.39 is 11.7 Å². The van der Waals surface area contributed by atoms with Crippen molar-refractivity contribution in [3.05, 3.63) is 102 Å². The van der Waals surface area contributed by atoms with Gasteiger partial charge in [-0.2, -0.15) is 18.3 Å². The van der Waals surface area contributed by atoms with Gasteiger partial charge in [0.15, 0.2) is 0 Å². The summed E-state index contributed by atoms with van der Waals surface area (Å²) >= 11 is 0. The summed E-state index contributed by atoms with van der Waals surface area (Å²) in [6, 6.07) is 17.9. The highest BCUT2D eigenvalue weighted by Crippen LogP contribution is 2.29. The highest BCUT2D eigenvalue weighted by molar-refractivity contribution is 5.99. The Morgan fingerprint density at radius 3 is 2.38 bits per heavy atom. The van der Waals surface area contributed by atoms with Crippen LogP contribution in [-0.2, 0) is 12.6 Å². The molecule has 4 rings (SSSR count). The van der Waals surface area contributed by atoms with Gasteiger partial charge in [-0.15, -0.1) is 0 Å². The molecular weight excluding hydrogens is 417 g/mol. The summed E-state index contributed by atoms with van der Waals surface area (Å²) < 4.78 is 39.7. The Morgan fingerprint density at radius 2 is 1.72 bits per heavy atom. The maximum atomic E-state index is 12.9. The van der Waals surface area contributed by atoms with Crippen molar-refractivity contribution in [2.45, 2.75) is 12.6 Å². The number of halogens is 3. The van der Waals surface area contributed by atoms with Crippen LogP contribution in [-0.4, -0.2) is 27.2 Å². The summed E-state index contributed by atoms with van der Waals surface area (Å²) in [4.78, 5) is 17.0. The first-order chi connectivity index (χ1) is 15.4. The number of nitrogens with zero attached hydrogens (tertiary/aromatic N) is 3. The molecule has 162 valence electrons. The fourth-order valence-electron chi connectivity index (χ4n) is 3.25. The molecule has 2 aromatic carbocycles. The average Bonchev–Trinajstić information content (AvgIpc) is 3.26. The minimum absolute atomic E-state index is 0.271. The summed E-state index contributed by atoms with van der Waals surface area (Å²) in [5.74, 6) is -0.321. The Kier molecular flexibility index (Phi) is 6.02. The van der Waals surface area contributed by atoms with Crippen LogP contribution in [0.5, 0.6) is 0 Å². The van der Waals surface area contributed by atoms with Crippen LogP contribution < -0.4 is 5.32 Å². The minimum atomic E-state index is -4.37. The second-order valence-corrected chi connectivity index (χ2v) is 7.11. The van der Waals surface area contributed by atoms with E-state index in [4.69, 9.17) is 0 Å². The van der Waals surface area contributed by atoms with Gasteiger partial charge in [0, 0.05) is 30.7 Å². The van der Waals surface area contributed by atoms with E-state index in [0.717, 1.165) is 17.8 Å². The van der Waals surface area contributed by atoms with Gasteiger partial charge in [-0.05, 0) is 48.4 Å². The number of aromatic nitrogens is 3. The lowest BCUT2D eigenvalue weighted by Crippen LogP contribution is -2.25. The molecule has 0 spiro atoms. The Labute approximate surface area is 182 Å². The molecule has 5 nitrogen and oxygen atoms in total. The van der Waals surface area contributed by atoms with Crippen molar-refractivity contribution in [2.75, 3.05) is 6.54 Å². The molecule has 2 aromatic heterocycles. The quantitative estimate of drug-likeness (QED) is 0.467. The molecule has 0 atom stereocenters. The van der Waals surface area contributed by atoms with Gasteiger partial charge >= 0.3 is 6.18 Å². The smallest absolute Gasteiger partial charge is 0.352 e. The lowest BCUT2D eigenvalue weighted by Gasteiger charge is -2.08. The predicted molar refractivity (Wildman–Crippen MR) is 114 cm³/mol. The van der Waals surface area contributed by atoms with Crippen molar-refractivity contribution in [1.82, 2.24) is 20.1 Å². The molecule has 0 radical (unpaired) electrons. The molecule has 0 unspecified atom stereocenters. The normalized spacial score (nSPS) is 11.3. The number of pyridine rings is 1. The zero-order valence-corrected chi connectivity index (χ0v) is 16.9. The van der Waals surface area contributed by atoms with E-state index in [1.807, 2.05) is 36.4 Å². The second kappa shape index (κ2) is 9.05. The van der Waals surface area contributed by atoms with Crippen molar-refractivity contribution in [3.63, 3.8) is 0 Å². The lowest BCUT2D eigenvalue weighted by atomic mass is 10.1. The lowest BCUT2D eigenvalue weighted by molar-refractivity contribution is -0.137. The molecule has 4 aromatic rings. The largest absolute Gasteiger partial charge is 0.416 e. The SMILES string of the molecule is O=C(NCCc1ccc(C(F)(F)F)cc1)c1cn(-c2ccccc2)nc1-c1cccnc1. The standard InChI is InChI=1S/C24H19F3N4O/c25-24(26,27)19-10-8-17(9-11-19)12-14-29-23(32)21-16-31(20-6-2-1-3-7-20)30-22(21)18-5-4-13-28-15-18/h1-11,13,15-16H,12,14H2,(H,29,32). The number of hydrogen-bond acceptors (Lipinski definition) is 3. The number of amides is 1. The predicted octanol–water partition coefficient (Wildman–Crippen LogP) is 4.93. The van der Waals surface area contributed by atoms with Crippen LogP contribution in [0.15, 0.2) is 85.3 Å². The topological polar surface area (TPSA) is 59.8 Å². The van der Waals surface area contributed by atoms with Gasteiger partial charge in [-0.3, -0.25) is 9.78 Å². The first kappa shape index (κ1) is 21.3. The number of hydrogen-bond donors (Lipinski definition) is 1. The summed E-state index contributed by atoms with van der Waals surface area (Å²) in [5, 5.41) is 7.41. The zero-order chi connectivity index (χ0) is 22.6. The van der Waals surface area contributed by atoms with Crippen molar-refractivity contribution in [1.29, 1.82) is 0 Å². The maximum Gasteiger partial charge on any atom is 0.416 e. The van der Waals surface area contributed by atoms with Gasteiger partial charge in [-0.25, -0.2) is 4.68 Å². The number of carbonyl (C=O) groups is 1. The first-order valence-electron chi connectivity index (χ1n) is 9.91. The number of para-hydroxylation sites is 1. The molecule has 0 aliphatic heterocycles. The Hall–Kier alpha value is -3.94. The maximum absolute atomic E-state index is 12.9. The van der Waals surface area contributed by atoms with Gasteiger partial charge in [-0.1, -0.05) is 30.3 Å². The van der Waals surface area contributed by atoms with Crippen LogP contribution in [0, 0.1) is 0 Å². The van der Waals surface area contributed by atoms with E-state index in [0.29, 0.717) is 28.8 Å². The first-order valence-corrected chi connectivity index (χ1v) is 9.91. The van der Waals surface area contributed by atoms with E-state index in [-0.39, 0.29) is 12.5 Å². The summed E-state index contributed by atoms with van der Waals surface area (Å²) in [6.07, 6.45) is 0.969. The van der Waals surface area contributed by atoms with E-state index in [1.54, 1.807) is 29.3 Å². The highest BCUT2D eigenvalue weighted by atomic mass is 19.4. The number of benzene rings is 2. The summed E-state index contributed by atoms with van der Waals surface area (Å²) in [5.41, 5.74) is 2.39. The van der Waals surface area contributed by atoms with E-state index in [1.165, 1.54) is 12.1 Å². The van der Waals surface area contributed by atoms with Gasteiger partial charge in [0.1, 0.15) is 5.69 Å². The Bertz CT molecular complexity index is 1190. The minimum Gasteiger partial charge on any atom is -0.352 e. The van der Waals surface area contributed by atoms with Crippen LogP contribution in [0.25, 0.3) is 16.9 Å². The fraction of sp³-hybridized carbons (Fsp3) is 0.125. The fourth-order valence-corrected chi connectivity index (χ4v) is 3.25. The average molecular weight is 436 g/mol. The third kappa shape index (κ3) is 4.85. The van der Waals surface area contributed by atoms with Crippen LogP contribution in [0.4, 0.5) is 13.2 Å². The molecule has 2 heterocycles. The third-order valence-corrected chi connectivity index (χ3v) is 4.90. The van der Waals surface area contributed by atoms with Crippen molar-refractivity contribution >= 4 is 5.91 Å². The molecule has 1 amide bonds. The van der Waals surface area contributed by atoms with Crippen LogP contribution in [0.1, 0.15) is 21.5 Å². The highest BCUT2D eigenvalue weighted by Gasteiger charge is 2.29. The van der Waals surface area contributed by atoms with E-state index in [2.05, 4.69) is 15.4 Å². The van der Waals surface area contributed by atoms with E-state index in [9.17, 15) is 18.0 Å². The molecule has 0 aliphatic carbocycles. The molecule has 0 saturated carbocycles. The Morgan fingerprint density at radius 1 is 0.969 bits per heavy atom. The number of alkyl halides is 3. The number of nitrogens with one attached hydrogen (secondary N) is 1. The van der Waals surface area contributed by atoms with Crippen molar-refractivity contribution in [3.8, 4) is 16.9 Å². The molecular formula is C24H19F3N4O. The number of carbonyl (C=O) groups excluding carboxylic acids is 1. The van der Waals surface area contributed by atoms with Crippen LogP contribution in [0.2, 0.25) is 0 Å². The van der Waals surface area contributed by atoms with Gasteiger partial charge in [0.2, 0.25) is 0 Å². The third-order valence-electron chi connectivity index (χ3n) is 4.90. The van der Waals surface area contributed by atoms with Gasteiger partial charge < -0.3 is 5.32 Å². The van der Waals surface area contributed by atoms with Crippen LogP contribution >= 0.6 is 0 Å². The molecule has 0 saturated heterocycles. The Balaban J connectivity index is 1.51. The van der Waals surface area contributed by atoms with Gasteiger partial charge in [0.05, 0.1) is 16.8 Å². The van der Waals surface area contributed by atoms with Crippen molar-refractivity contribution < 1.29 is 18.0 Å². The number of rotatable bonds is 6. The molecule has 0 fully saturated rings. The van der Waals surface area contributed by atoms with Gasteiger partial charge in [0.25, 0.3) is 5.91 Å². The molecule has 0 bridgehead atoms. The monoisotopic (exact) mass is 436 g/mol. The second-order valence-electron chi connectivity index (χ2n) is 7.11. The molecule has 1 N–H and O–H groups in total. The van der Waals surface area contributed by atoms with Crippen molar-refractivity contribution in [2.24, 2.45) is 0 Å². The molecule has 32 heavy (non-hydrogen) atoms.